The lowest BCUT2D eigenvalue weighted by Crippen LogP contribution is -2.21. The maximum absolute atomic E-state index is 12.4. The molecule has 0 saturated carbocycles. The lowest BCUT2D eigenvalue weighted by atomic mass is 10.3. The van der Waals surface area contributed by atoms with Gasteiger partial charge in [-0.15, -0.1) is 0 Å². The number of methoxy groups -OCH3 is 2. The maximum Gasteiger partial charge on any atom is 0.286 e. The number of amides is 1. The summed E-state index contributed by atoms with van der Waals surface area (Å²) in [5.74, 6) is 0.658. The Kier molecular flexibility index (Phi) is 6.96. The van der Waals surface area contributed by atoms with Crippen LogP contribution in [-0.2, 0) is 16.1 Å². The standard InChI is InChI=1S/C19H18Cl2N2O4S/c1-25-9-8-23-18-15(26-2)4-3-5-16(18)28-19(23)22-17(24)11-27-14-7-6-12(20)10-13(14)21/h3-7,10H,8-9,11H2,1-2H3. The highest BCUT2D eigenvalue weighted by molar-refractivity contribution is 7.16. The molecule has 0 aliphatic rings. The highest BCUT2D eigenvalue weighted by Crippen LogP contribution is 2.28. The van der Waals surface area contributed by atoms with E-state index in [1.54, 1.807) is 32.4 Å². The summed E-state index contributed by atoms with van der Waals surface area (Å²) in [5.41, 5.74) is 0.875. The zero-order valence-corrected chi connectivity index (χ0v) is 17.6. The minimum absolute atomic E-state index is 0.239. The van der Waals surface area contributed by atoms with Crippen molar-refractivity contribution in [1.82, 2.24) is 4.57 Å². The van der Waals surface area contributed by atoms with E-state index >= 15 is 0 Å². The highest BCUT2D eigenvalue weighted by Gasteiger charge is 2.13. The van der Waals surface area contributed by atoms with Gasteiger partial charge in [0.05, 0.1) is 23.4 Å². The summed E-state index contributed by atoms with van der Waals surface area (Å²) in [6.45, 7) is 0.770. The van der Waals surface area contributed by atoms with Crippen molar-refractivity contribution in [3.8, 4) is 11.5 Å². The number of carbonyl (C=O) groups excluding carboxylic acids is 1. The monoisotopic (exact) mass is 440 g/mol. The Hall–Kier alpha value is -2.06. The van der Waals surface area contributed by atoms with Crippen molar-refractivity contribution in [2.75, 3.05) is 27.4 Å². The van der Waals surface area contributed by atoms with Crippen molar-refractivity contribution in [1.29, 1.82) is 0 Å². The van der Waals surface area contributed by atoms with Gasteiger partial charge in [0, 0.05) is 18.7 Å². The van der Waals surface area contributed by atoms with Gasteiger partial charge >= 0.3 is 0 Å². The van der Waals surface area contributed by atoms with Crippen LogP contribution in [0.5, 0.6) is 11.5 Å². The van der Waals surface area contributed by atoms with Crippen LogP contribution in [0.1, 0.15) is 0 Å². The van der Waals surface area contributed by atoms with Gasteiger partial charge in [-0.2, -0.15) is 4.99 Å². The topological polar surface area (TPSA) is 62.1 Å². The molecule has 2 aromatic carbocycles. The molecule has 3 rings (SSSR count). The molecule has 0 spiro atoms. The summed E-state index contributed by atoms with van der Waals surface area (Å²) in [4.78, 5) is 17.2. The van der Waals surface area contributed by atoms with E-state index in [0.29, 0.717) is 39.5 Å². The van der Waals surface area contributed by atoms with Crippen LogP contribution in [0.3, 0.4) is 0 Å². The van der Waals surface area contributed by atoms with Crippen LogP contribution in [0.4, 0.5) is 0 Å². The van der Waals surface area contributed by atoms with Crippen LogP contribution < -0.4 is 14.3 Å². The van der Waals surface area contributed by atoms with E-state index in [9.17, 15) is 4.79 Å². The van der Waals surface area contributed by atoms with Gasteiger partial charge in [-0.3, -0.25) is 4.79 Å². The summed E-state index contributed by atoms with van der Waals surface area (Å²) >= 11 is 13.3. The molecule has 6 nitrogen and oxygen atoms in total. The fourth-order valence-corrected chi connectivity index (χ4v) is 4.16. The average molecular weight is 441 g/mol. The first kappa shape index (κ1) is 20.7. The molecule has 3 aromatic rings. The van der Waals surface area contributed by atoms with Gasteiger partial charge in [0.2, 0.25) is 0 Å². The maximum atomic E-state index is 12.4. The molecule has 0 radical (unpaired) electrons. The number of fused-ring (bicyclic) bond motifs is 1. The van der Waals surface area contributed by atoms with E-state index in [-0.39, 0.29) is 6.61 Å². The van der Waals surface area contributed by atoms with Gasteiger partial charge in [0.25, 0.3) is 5.91 Å². The third kappa shape index (κ3) is 4.67. The van der Waals surface area contributed by atoms with Crippen molar-refractivity contribution in [2.24, 2.45) is 4.99 Å². The lowest BCUT2D eigenvalue weighted by molar-refractivity contribution is -0.120. The Morgan fingerprint density at radius 3 is 2.71 bits per heavy atom. The fraction of sp³-hybridized carbons (Fsp3) is 0.263. The molecule has 148 valence electrons. The third-order valence-electron chi connectivity index (χ3n) is 3.87. The number of ether oxygens (including phenoxy) is 3. The number of hydrogen-bond acceptors (Lipinski definition) is 5. The van der Waals surface area contributed by atoms with Crippen LogP contribution in [0.25, 0.3) is 10.2 Å². The Morgan fingerprint density at radius 2 is 2.00 bits per heavy atom. The number of aromatic nitrogens is 1. The largest absolute Gasteiger partial charge is 0.495 e. The number of hydrogen-bond donors (Lipinski definition) is 0. The van der Waals surface area contributed by atoms with Gasteiger partial charge in [-0.1, -0.05) is 40.6 Å². The molecule has 0 bridgehead atoms. The van der Waals surface area contributed by atoms with Gasteiger partial charge in [-0.05, 0) is 30.3 Å². The quantitative estimate of drug-likeness (QED) is 0.552. The molecule has 0 unspecified atom stereocenters. The number of para-hydroxylation sites is 1. The van der Waals surface area contributed by atoms with Crippen LogP contribution in [0, 0.1) is 0 Å². The smallest absolute Gasteiger partial charge is 0.286 e. The van der Waals surface area contributed by atoms with Crippen molar-refractivity contribution in [3.05, 3.63) is 51.2 Å². The van der Waals surface area contributed by atoms with Crippen molar-refractivity contribution >= 4 is 50.7 Å². The highest BCUT2D eigenvalue weighted by atomic mass is 35.5. The fourth-order valence-electron chi connectivity index (χ4n) is 2.61. The van der Waals surface area contributed by atoms with Crippen LogP contribution in [-0.4, -0.2) is 37.9 Å². The van der Waals surface area contributed by atoms with Crippen LogP contribution in [0.15, 0.2) is 41.4 Å². The van der Waals surface area contributed by atoms with Crippen molar-refractivity contribution in [3.63, 3.8) is 0 Å². The number of halogens is 2. The summed E-state index contributed by atoms with van der Waals surface area (Å²) in [7, 11) is 3.23. The average Bonchev–Trinajstić information content (AvgIpc) is 3.02. The molecule has 9 heteroatoms. The molecule has 0 saturated heterocycles. The van der Waals surface area contributed by atoms with Crippen molar-refractivity contribution < 1.29 is 19.0 Å². The molecule has 0 N–H and O–H groups in total. The molecule has 0 atom stereocenters. The van der Waals surface area contributed by atoms with Crippen LogP contribution in [0.2, 0.25) is 10.0 Å². The van der Waals surface area contributed by atoms with Crippen molar-refractivity contribution in [2.45, 2.75) is 6.54 Å². The number of nitrogens with zero attached hydrogens (tertiary/aromatic N) is 2. The molecule has 1 aromatic heterocycles. The van der Waals surface area contributed by atoms with E-state index in [1.165, 1.54) is 11.3 Å². The first-order valence-electron chi connectivity index (χ1n) is 8.34. The Balaban J connectivity index is 1.90. The second kappa shape index (κ2) is 9.43. The summed E-state index contributed by atoms with van der Waals surface area (Å²) in [6.07, 6.45) is 0. The van der Waals surface area contributed by atoms with E-state index in [1.807, 2.05) is 22.8 Å². The Bertz CT molecular complexity index is 1060. The zero-order chi connectivity index (χ0) is 20.1. The Labute approximate surface area is 175 Å². The molecular formula is C19H18Cl2N2O4S. The van der Waals surface area contributed by atoms with Gasteiger partial charge in [0.15, 0.2) is 11.4 Å². The minimum atomic E-state index is -0.428. The molecule has 0 aliphatic carbocycles. The first-order valence-corrected chi connectivity index (χ1v) is 9.91. The van der Waals surface area contributed by atoms with Crippen LogP contribution >= 0.6 is 34.5 Å². The number of rotatable bonds is 7. The van der Waals surface area contributed by atoms with Gasteiger partial charge < -0.3 is 18.8 Å². The third-order valence-corrected chi connectivity index (χ3v) is 5.44. The van der Waals surface area contributed by atoms with E-state index < -0.39 is 5.91 Å². The van der Waals surface area contributed by atoms with Gasteiger partial charge in [-0.25, -0.2) is 0 Å². The minimum Gasteiger partial charge on any atom is -0.495 e. The molecule has 0 fully saturated rings. The van der Waals surface area contributed by atoms with Gasteiger partial charge in [0.1, 0.15) is 17.0 Å². The number of carbonyl (C=O) groups is 1. The van der Waals surface area contributed by atoms with E-state index in [0.717, 1.165) is 10.2 Å². The SMILES string of the molecule is COCCn1c(=NC(=O)COc2ccc(Cl)cc2Cl)sc2cccc(OC)c21. The molecule has 1 heterocycles. The Morgan fingerprint density at radius 1 is 1.18 bits per heavy atom. The lowest BCUT2D eigenvalue weighted by Gasteiger charge is -2.08. The molecule has 0 aliphatic heterocycles. The normalized spacial score (nSPS) is 11.8. The molecule has 1 amide bonds. The second-order valence-corrected chi connectivity index (χ2v) is 7.56. The molecular weight excluding hydrogens is 423 g/mol. The summed E-state index contributed by atoms with van der Waals surface area (Å²) in [6, 6.07) is 10.5. The summed E-state index contributed by atoms with van der Waals surface area (Å²) < 4.78 is 19.0. The van der Waals surface area contributed by atoms with E-state index in [4.69, 9.17) is 37.4 Å². The van der Waals surface area contributed by atoms with E-state index in [2.05, 4.69) is 4.99 Å². The number of thiazole rings is 1. The zero-order valence-electron chi connectivity index (χ0n) is 15.3. The number of benzene rings is 2. The summed E-state index contributed by atoms with van der Waals surface area (Å²) in [5, 5.41) is 0.828. The molecule has 28 heavy (non-hydrogen) atoms. The second-order valence-electron chi connectivity index (χ2n) is 5.71. The predicted octanol–water partition coefficient (Wildman–Crippen LogP) is 4.17. The predicted molar refractivity (Wildman–Crippen MR) is 111 cm³/mol. The first-order chi connectivity index (χ1) is 13.5.